The summed E-state index contributed by atoms with van der Waals surface area (Å²) in [7, 11) is 0. The summed E-state index contributed by atoms with van der Waals surface area (Å²) < 4.78 is 12.4. The van der Waals surface area contributed by atoms with E-state index in [1.807, 2.05) is 18.2 Å². The zero-order valence-corrected chi connectivity index (χ0v) is 15.3. The molecule has 1 aromatic heterocycles. The molecule has 1 aromatic carbocycles. The van der Waals surface area contributed by atoms with Gasteiger partial charge in [-0.25, -0.2) is 4.98 Å². The van der Waals surface area contributed by atoms with E-state index in [0.717, 1.165) is 19.4 Å². The maximum atomic E-state index is 13.0. The molecule has 1 fully saturated rings. The average Bonchev–Trinajstić information content (AvgIpc) is 3.11. The van der Waals surface area contributed by atoms with Gasteiger partial charge in [-0.1, -0.05) is 23.9 Å². The van der Waals surface area contributed by atoms with Crippen molar-refractivity contribution in [3.8, 4) is 0 Å². The number of carbonyl (C=O) groups is 1. The second-order valence-electron chi connectivity index (χ2n) is 5.97. The van der Waals surface area contributed by atoms with E-state index < -0.39 is 5.25 Å². The zero-order chi connectivity index (χ0) is 17.8. The number of hydrogen-bond donors (Lipinski definition) is 0. The van der Waals surface area contributed by atoms with Gasteiger partial charge in [0, 0.05) is 6.61 Å². The first-order valence-corrected chi connectivity index (χ1v) is 9.42. The fourth-order valence-electron chi connectivity index (χ4n) is 2.86. The lowest BCUT2D eigenvalue weighted by Gasteiger charge is -2.18. The van der Waals surface area contributed by atoms with E-state index in [1.165, 1.54) is 11.8 Å². The number of esters is 1. The van der Waals surface area contributed by atoms with Crippen molar-refractivity contribution in [3.63, 3.8) is 0 Å². The first kappa shape index (κ1) is 17.9. The topological polar surface area (TPSA) is 70.4 Å². The number of nitrogens with zero attached hydrogens (tertiary/aromatic N) is 2. The number of fused-ring (bicyclic) bond motifs is 1. The fraction of sp³-hybridized carbons (Fsp3) is 0.500. The largest absolute Gasteiger partial charge is 0.465 e. The molecule has 7 heteroatoms. The van der Waals surface area contributed by atoms with Crippen LogP contribution in [0.4, 0.5) is 0 Å². The molecule has 0 radical (unpaired) electrons. The van der Waals surface area contributed by atoms with Gasteiger partial charge < -0.3 is 9.47 Å². The number of benzene rings is 1. The number of aromatic nitrogens is 2. The zero-order valence-electron chi connectivity index (χ0n) is 14.4. The molecular formula is C18H22N2O4S. The minimum atomic E-state index is -0.441. The van der Waals surface area contributed by atoms with Crippen LogP contribution in [0, 0.1) is 0 Å². The van der Waals surface area contributed by atoms with E-state index in [4.69, 9.17) is 9.47 Å². The Bertz CT molecular complexity index is 814. The molecule has 2 atom stereocenters. The summed E-state index contributed by atoms with van der Waals surface area (Å²) in [6.45, 7) is 5.05. The highest BCUT2D eigenvalue weighted by Gasteiger charge is 2.23. The highest BCUT2D eigenvalue weighted by atomic mass is 32.2. The van der Waals surface area contributed by atoms with Crippen molar-refractivity contribution in [1.29, 1.82) is 0 Å². The summed E-state index contributed by atoms with van der Waals surface area (Å²) in [6.07, 6.45) is 1.94. The summed E-state index contributed by atoms with van der Waals surface area (Å²) >= 11 is 1.25. The molecule has 6 nitrogen and oxygen atoms in total. The van der Waals surface area contributed by atoms with Gasteiger partial charge in [-0.2, -0.15) is 0 Å². The van der Waals surface area contributed by atoms with Gasteiger partial charge >= 0.3 is 5.97 Å². The molecule has 2 aromatic rings. The predicted molar refractivity (Wildman–Crippen MR) is 96.9 cm³/mol. The number of para-hydroxylation sites is 1. The highest BCUT2D eigenvalue weighted by Crippen LogP contribution is 2.25. The van der Waals surface area contributed by atoms with Crippen LogP contribution in [0.25, 0.3) is 10.9 Å². The Labute approximate surface area is 150 Å². The second-order valence-corrected chi connectivity index (χ2v) is 7.28. The quantitative estimate of drug-likeness (QED) is 0.447. The molecule has 25 heavy (non-hydrogen) atoms. The molecule has 2 heterocycles. The molecule has 0 unspecified atom stereocenters. The van der Waals surface area contributed by atoms with Crippen molar-refractivity contribution in [1.82, 2.24) is 9.55 Å². The summed E-state index contributed by atoms with van der Waals surface area (Å²) in [6, 6.07) is 7.27. The van der Waals surface area contributed by atoms with Crippen LogP contribution in [0.15, 0.2) is 34.2 Å². The molecule has 3 rings (SSSR count). The van der Waals surface area contributed by atoms with Crippen LogP contribution in [0.5, 0.6) is 0 Å². The van der Waals surface area contributed by atoms with E-state index >= 15 is 0 Å². The Balaban J connectivity index is 1.98. The Morgan fingerprint density at radius 1 is 1.48 bits per heavy atom. The second kappa shape index (κ2) is 8.01. The standard InChI is InChI=1S/C18H22N2O4S/c1-3-23-17(22)12(2)25-18-19-15-9-5-4-8-14(15)16(21)20(18)11-13-7-6-10-24-13/h4-5,8-9,12-13H,3,6-7,10-11H2,1-2H3/t12-,13+/m1/s1. The van der Waals surface area contributed by atoms with Gasteiger partial charge in [-0.15, -0.1) is 0 Å². The molecule has 0 aliphatic carbocycles. The average molecular weight is 362 g/mol. The van der Waals surface area contributed by atoms with Gasteiger partial charge in [0.25, 0.3) is 5.56 Å². The third-order valence-corrected chi connectivity index (χ3v) is 5.21. The van der Waals surface area contributed by atoms with Crippen molar-refractivity contribution < 1.29 is 14.3 Å². The van der Waals surface area contributed by atoms with E-state index in [1.54, 1.807) is 24.5 Å². The maximum absolute atomic E-state index is 13.0. The van der Waals surface area contributed by atoms with Gasteiger partial charge in [0.15, 0.2) is 5.16 Å². The van der Waals surface area contributed by atoms with Gasteiger partial charge in [-0.3, -0.25) is 14.2 Å². The number of ether oxygens (including phenoxy) is 2. The molecule has 134 valence electrons. The Kier molecular flexibility index (Phi) is 5.75. The summed E-state index contributed by atoms with van der Waals surface area (Å²) in [5.74, 6) is -0.307. The molecule has 1 saturated heterocycles. The normalized spacial score (nSPS) is 18.4. The van der Waals surface area contributed by atoms with Crippen molar-refractivity contribution in [2.45, 2.75) is 49.7 Å². The van der Waals surface area contributed by atoms with E-state index in [2.05, 4.69) is 4.98 Å². The third-order valence-electron chi connectivity index (χ3n) is 4.14. The Morgan fingerprint density at radius 3 is 3.00 bits per heavy atom. The predicted octanol–water partition coefficient (Wildman–Crippen LogP) is 2.62. The Morgan fingerprint density at radius 2 is 2.28 bits per heavy atom. The van der Waals surface area contributed by atoms with Crippen LogP contribution < -0.4 is 5.56 Å². The van der Waals surface area contributed by atoms with Gasteiger partial charge in [0.2, 0.25) is 0 Å². The monoisotopic (exact) mass is 362 g/mol. The Hall–Kier alpha value is -1.86. The lowest BCUT2D eigenvalue weighted by Crippen LogP contribution is -2.30. The molecule has 0 amide bonds. The first-order valence-electron chi connectivity index (χ1n) is 8.54. The molecule has 0 N–H and O–H groups in total. The summed E-state index contributed by atoms with van der Waals surface area (Å²) in [4.78, 5) is 29.5. The number of rotatable bonds is 6. The summed E-state index contributed by atoms with van der Waals surface area (Å²) in [5, 5.41) is 0.664. The highest BCUT2D eigenvalue weighted by molar-refractivity contribution is 8.00. The lowest BCUT2D eigenvalue weighted by atomic mass is 10.2. The summed E-state index contributed by atoms with van der Waals surface area (Å²) in [5.41, 5.74) is 0.536. The lowest BCUT2D eigenvalue weighted by molar-refractivity contribution is -0.142. The van der Waals surface area contributed by atoms with Crippen molar-refractivity contribution >= 4 is 28.6 Å². The van der Waals surface area contributed by atoms with Crippen molar-refractivity contribution in [2.75, 3.05) is 13.2 Å². The molecule has 1 aliphatic rings. The van der Waals surface area contributed by atoms with E-state index in [-0.39, 0.29) is 17.6 Å². The number of carbonyl (C=O) groups excluding carboxylic acids is 1. The molecule has 0 spiro atoms. The van der Waals surface area contributed by atoms with E-state index in [0.29, 0.717) is 29.2 Å². The molecule has 0 saturated carbocycles. The van der Waals surface area contributed by atoms with Gasteiger partial charge in [-0.05, 0) is 38.8 Å². The van der Waals surface area contributed by atoms with Crippen molar-refractivity contribution in [3.05, 3.63) is 34.6 Å². The maximum Gasteiger partial charge on any atom is 0.319 e. The van der Waals surface area contributed by atoms with Crippen LogP contribution >= 0.6 is 11.8 Å². The molecular weight excluding hydrogens is 340 g/mol. The minimum absolute atomic E-state index is 0.0120. The number of thioether (sulfide) groups is 1. The SMILES string of the molecule is CCOC(=O)[C@@H](C)Sc1nc2ccccc2c(=O)n1C[C@@H]1CCCO1. The van der Waals surface area contributed by atoms with E-state index in [9.17, 15) is 9.59 Å². The van der Waals surface area contributed by atoms with Gasteiger partial charge in [0.1, 0.15) is 5.25 Å². The minimum Gasteiger partial charge on any atom is -0.465 e. The molecule has 0 bridgehead atoms. The van der Waals surface area contributed by atoms with Crippen LogP contribution in [0.3, 0.4) is 0 Å². The van der Waals surface area contributed by atoms with Crippen molar-refractivity contribution in [2.24, 2.45) is 0 Å². The third kappa shape index (κ3) is 4.04. The van der Waals surface area contributed by atoms with Crippen LogP contribution in [0.2, 0.25) is 0 Å². The van der Waals surface area contributed by atoms with Crippen LogP contribution in [0.1, 0.15) is 26.7 Å². The van der Waals surface area contributed by atoms with Gasteiger partial charge in [0.05, 0.1) is 30.2 Å². The number of hydrogen-bond acceptors (Lipinski definition) is 6. The first-order chi connectivity index (χ1) is 12.1. The fourth-order valence-corrected chi connectivity index (χ4v) is 3.77. The molecule has 1 aliphatic heterocycles. The van der Waals surface area contributed by atoms with Crippen LogP contribution in [-0.2, 0) is 20.8 Å². The van der Waals surface area contributed by atoms with Crippen LogP contribution in [-0.4, -0.2) is 40.1 Å². The smallest absolute Gasteiger partial charge is 0.319 e.